The molecule has 0 bridgehead atoms. The zero-order chi connectivity index (χ0) is 13.9. The molecular formula is C15H19N3O2. The van der Waals surface area contributed by atoms with Crippen LogP contribution in [-0.4, -0.2) is 37.5 Å². The molecule has 3 rings (SSSR count). The molecule has 1 aromatic rings. The van der Waals surface area contributed by atoms with E-state index in [1.54, 1.807) is 4.90 Å². The highest BCUT2D eigenvalue weighted by Gasteiger charge is 2.27. The Morgan fingerprint density at radius 3 is 2.95 bits per heavy atom. The van der Waals surface area contributed by atoms with E-state index in [0.29, 0.717) is 19.1 Å². The van der Waals surface area contributed by atoms with Gasteiger partial charge in [-0.1, -0.05) is 12.1 Å². The van der Waals surface area contributed by atoms with Gasteiger partial charge in [0.15, 0.2) is 0 Å². The molecule has 0 radical (unpaired) electrons. The third-order valence-electron chi connectivity index (χ3n) is 3.93. The lowest BCUT2D eigenvalue weighted by Crippen LogP contribution is -2.52. The van der Waals surface area contributed by atoms with Crippen LogP contribution in [-0.2, 0) is 16.0 Å². The molecular weight excluding hydrogens is 254 g/mol. The van der Waals surface area contributed by atoms with Crippen LogP contribution in [0, 0.1) is 0 Å². The first-order chi connectivity index (χ1) is 9.74. The van der Waals surface area contributed by atoms with Gasteiger partial charge in [0.2, 0.25) is 0 Å². The van der Waals surface area contributed by atoms with Crippen molar-refractivity contribution in [2.45, 2.75) is 25.3 Å². The molecule has 5 heteroatoms. The fraction of sp³-hybridized carbons (Fsp3) is 0.467. The van der Waals surface area contributed by atoms with Gasteiger partial charge >= 0.3 is 11.8 Å². The first-order valence-corrected chi connectivity index (χ1v) is 7.16. The van der Waals surface area contributed by atoms with Crippen LogP contribution in [0.3, 0.4) is 0 Å². The minimum Gasteiger partial charge on any atom is -0.346 e. The second-order valence-electron chi connectivity index (χ2n) is 5.38. The van der Waals surface area contributed by atoms with E-state index in [9.17, 15) is 9.59 Å². The number of hydrogen-bond acceptors (Lipinski definition) is 3. The Labute approximate surface area is 118 Å². The predicted molar refractivity (Wildman–Crippen MR) is 76.5 cm³/mol. The van der Waals surface area contributed by atoms with Gasteiger partial charge in [-0.2, -0.15) is 0 Å². The van der Waals surface area contributed by atoms with E-state index >= 15 is 0 Å². The molecule has 1 unspecified atom stereocenters. The SMILES string of the molecule is O=C1NCCN(c2cccc(CC3CCCN3)c2)C1=O. The Hall–Kier alpha value is -1.88. The molecule has 1 aromatic carbocycles. The Kier molecular flexibility index (Phi) is 3.69. The van der Waals surface area contributed by atoms with Crippen molar-refractivity contribution in [3.05, 3.63) is 29.8 Å². The third kappa shape index (κ3) is 2.67. The second-order valence-corrected chi connectivity index (χ2v) is 5.38. The van der Waals surface area contributed by atoms with Crippen molar-refractivity contribution in [1.29, 1.82) is 0 Å². The first-order valence-electron chi connectivity index (χ1n) is 7.16. The van der Waals surface area contributed by atoms with Crippen molar-refractivity contribution < 1.29 is 9.59 Å². The van der Waals surface area contributed by atoms with Crippen LogP contribution in [0.1, 0.15) is 18.4 Å². The summed E-state index contributed by atoms with van der Waals surface area (Å²) in [5, 5.41) is 6.04. The Morgan fingerprint density at radius 2 is 2.15 bits per heavy atom. The Bertz CT molecular complexity index is 524. The maximum Gasteiger partial charge on any atom is 0.316 e. The number of piperazine rings is 1. The van der Waals surface area contributed by atoms with Crippen molar-refractivity contribution in [1.82, 2.24) is 10.6 Å². The molecule has 2 saturated heterocycles. The van der Waals surface area contributed by atoms with Gasteiger partial charge in [0.25, 0.3) is 0 Å². The molecule has 0 spiro atoms. The van der Waals surface area contributed by atoms with Crippen LogP contribution >= 0.6 is 0 Å². The maximum atomic E-state index is 11.9. The summed E-state index contributed by atoms with van der Waals surface area (Å²) in [6, 6.07) is 8.49. The molecule has 2 fully saturated rings. The number of nitrogens with zero attached hydrogens (tertiary/aromatic N) is 1. The quantitative estimate of drug-likeness (QED) is 0.786. The topological polar surface area (TPSA) is 61.4 Å². The molecule has 2 amide bonds. The maximum absolute atomic E-state index is 11.9. The molecule has 0 aliphatic carbocycles. The summed E-state index contributed by atoms with van der Waals surface area (Å²) in [6.07, 6.45) is 3.41. The number of benzene rings is 1. The largest absolute Gasteiger partial charge is 0.346 e. The summed E-state index contributed by atoms with van der Waals surface area (Å²) in [7, 11) is 0. The average Bonchev–Trinajstić information content (AvgIpc) is 2.95. The third-order valence-corrected chi connectivity index (χ3v) is 3.93. The molecule has 0 saturated carbocycles. The van der Waals surface area contributed by atoms with Crippen molar-refractivity contribution >= 4 is 17.5 Å². The highest BCUT2D eigenvalue weighted by molar-refractivity contribution is 6.41. The number of rotatable bonds is 3. The van der Waals surface area contributed by atoms with Gasteiger partial charge in [0, 0.05) is 24.8 Å². The number of amides is 2. The highest BCUT2D eigenvalue weighted by atomic mass is 16.2. The van der Waals surface area contributed by atoms with Crippen molar-refractivity contribution in [3.63, 3.8) is 0 Å². The molecule has 1 atom stereocenters. The molecule has 20 heavy (non-hydrogen) atoms. The summed E-state index contributed by atoms with van der Waals surface area (Å²) >= 11 is 0. The lowest BCUT2D eigenvalue weighted by molar-refractivity contribution is -0.138. The van der Waals surface area contributed by atoms with Gasteiger partial charge in [0.1, 0.15) is 0 Å². The molecule has 5 nitrogen and oxygen atoms in total. The summed E-state index contributed by atoms with van der Waals surface area (Å²) in [5.41, 5.74) is 2.03. The average molecular weight is 273 g/mol. The fourth-order valence-electron chi connectivity index (χ4n) is 2.89. The number of nitrogens with one attached hydrogen (secondary N) is 2. The minimum atomic E-state index is -0.515. The van der Waals surface area contributed by atoms with E-state index in [2.05, 4.69) is 16.7 Å². The van der Waals surface area contributed by atoms with Gasteiger partial charge in [-0.25, -0.2) is 0 Å². The fourth-order valence-corrected chi connectivity index (χ4v) is 2.89. The monoisotopic (exact) mass is 273 g/mol. The van der Waals surface area contributed by atoms with E-state index in [-0.39, 0.29) is 0 Å². The molecule has 2 aliphatic heterocycles. The van der Waals surface area contributed by atoms with E-state index < -0.39 is 11.8 Å². The number of anilines is 1. The molecule has 106 valence electrons. The van der Waals surface area contributed by atoms with Crippen molar-refractivity contribution in [2.24, 2.45) is 0 Å². The zero-order valence-corrected chi connectivity index (χ0v) is 11.4. The summed E-state index contributed by atoms with van der Waals surface area (Å²) in [6.45, 7) is 2.14. The molecule has 0 aromatic heterocycles. The molecule has 2 N–H and O–H groups in total. The van der Waals surface area contributed by atoms with Crippen LogP contribution in [0.2, 0.25) is 0 Å². The van der Waals surface area contributed by atoms with Crippen LogP contribution < -0.4 is 15.5 Å². The van der Waals surface area contributed by atoms with E-state index in [1.807, 2.05) is 18.2 Å². The lowest BCUT2D eigenvalue weighted by atomic mass is 10.0. The second kappa shape index (κ2) is 5.63. The van der Waals surface area contributed by atoms with Gasteiger partial charge in [-0.15, -0.1) is 0 Å². The van der Waals surface area contributed by atoms with Gasteiger partial charge < -0.3 is 15.5 Å². The summed E-state index contributed by atoms with van der Waals surface area (Å²) < 4.78 is 0. The first kappa shape index (κ1) is 13.1. The Balaban J connectivity index is 1.76. The predicted octanol–water partition coefficient (Wildman–Crippen LogP) is 0.444. The van der Waals surface area contributed by atoms with Crippen molar-refractivity contribution in [2.75, 3.05) is 24.5 Å². The van der Waals surface area contributed by atoms with E-state index in [4.69, 9.17) is 0 Å². The number of carbonyl (C=O) groups is 2. The van der Waals surface area contributed by atoms with E-state index in [1.165, 1.54) is 18.4 Å². The Morgan fingerprint density at radius 1 is 1.25 bits per heavy atom. The highest BCUT2D eigenvalue weighted by Crippen LogP contribution is 2.20. The molecule has 2 heterocycles. The van der Waals surface area contributed by atoms with Crippen LogP contribution in [0.25, 0.3) is 0 Å². The molecule has 2 aliphatic rings. The summed E-state index contributed by atoms with van der Waals surface area (Å²) in [5.74, 6) is -0.980. The van der Waals surface area contributed by atoms with Crippen LogP contribution in [0.15, 0.2) is 24.3 Å². The van der Waals surface area contributed by atoms with Crippen LogP contribution in [0.5, 0.6) is 0 Å². The van der Waals surface area contributed by atoms with Crippen molar-refractivity contribution in [3.8, 4) is 0 Å². The normalized spacial score (nSPS) is 23.0. The smallest absolute Gasteiger partial charge is 0.316 e. The standard InChI is InChI=1S/C15H19N3O2/c19-14-15(20)18(8-7-17-14)13-5-1-3-11(10-13)9-12-4-2-6-16-12/h1,3,5,10,12,16H,2,4,6-9H2,(H,17,19). The summed E-state index contributed by atoms with van der Waals surface area (Å²) in [4.78, 5) is 24.9. The van der Waals surface area contributed by atoms with Gasteiger partial charge in [0.05, 0.1) is 0 Å². The number of carbonyl (C=O) groups excluding carboxylic acids is 2. The lowest BCUT2D eigenvalue weighted by Gasteiger charge is -2.27. The minimum absolute atomic E-state index is 0.465. The van der Waals surface area contributed by atoms with Crippen LogP contribution in [0.4, 0.5) is 5.69 Å². The van der Waals surface area contributed by atoms with Gasteiger partial charge in [-0.3, -0.25) is 9.59 Å². The number of hydrogen-bond donors (Lipinski definition) is 2. The van der Waals surface area contributed by atoms with Gasteiger partial charge in [-0.05, 0) is 43.5 Å². The van der Waals surface area contributed by atoms with E-state index in [0.717, 1.165) is 18.7 Å². The zero-order valence-electron chi connectivity index (χ0n) is 11.4.